The number of rotatable bonds is 6. The number of ether oxygens (including phenoxy) is 1. The Bertz CT molecular complexity index is 1410. The lowest BCUT2D eigenvalue weighted by atomic mass is 10.2. The number of hydrogen-bond donors (Lipinski definition) is 1. The zero-order valence-corrected chi connectivity index (χ0v) is 18.3. The third-order valence-electron chi connectivity index (χ3n) is 4.92. The van der Waals surface area contributed by atoms with E-state index in [1.807, 2.05) is 49.3 Å². The Morgan fingerprint density at radius 2 is 1.81 bits per heavy atom. The first kappa shape index (κ1) is 21.4. The van der Waals surface area contributed by atoms with Crippen LogP contribution in [0.4, 0.5) is 5.69 Å². The predicted molar refractivity (Wildman–Crippen MR) is 128 cm³/mol. The van der Waals surface area contributed by atoms with E-state index in [4.69, 9.17) is 16.3 Å². The average molecular weight is 449 g/mol. The summed E-state index contributed by atoms with van der Waals surface area (Å²) in [6, 6.07) is 19.8. The van der Waals surface area contributed by atoms with E-state index < -0.39 is 11.2 Å². The molecule has 0 saturated carbocycles. The second-order valence-corrected chi connectivity index (χ2v) is 7.81. The fourth-order valence-corrected chi connectivity index (χ4v) is 3.28. The van der Waals surface area contributed by atoms with Gasteiger partial charge in [0.05, 0.1) is 17.1 Å². The van der Waals surface area contributed by atoms with E-state index in [9.17, 15) is 9.59 Å². The molecule has 0 saturated heterocycles. The quantitative estimate of drug-likeness (QED) is 0.454. The maximum Gasteiger partial charge on any atom is 0.349 e. The Labute approximate surface area is 189 Å². The molecule has 4 aromatic rings. The second-order valence-electron chi connectivity index (χ2n) is 7.37. The molecule has 162 valence electrons. The van der Waals surface area contributed by atoms with Crippen LogP contribution in [0.1, 0.15) is 11.1 Å². The number of benzene rings is 3. The smallest absolute Gasteiger partial charge is 0.349 e. The minimum Gasteiger partial charge on any atom is -0.488 e. The zero-order valence-electron chi connectivity index (χ0n) is 17.6. The van der Waals surface area contributed by atoms with Gasteiger partial charge in [-0.1, -0.05) is 35.9 Å². The van der Waals surface area contributed by atoms with E-state index in [1.165, 1.54) is 6.21 Å². The van der Waals surface area contributed by atoms with Crippen LogP contribution < -0.4 is 20.9 Å². The minimum absolute atomic E-state index is 0.325. The molecule has 0 aliphatic heterocycles. The number of hydrogen-bond acceptors (Lipinski definition) is 5. The van der Waals surface area contributed by atoms with Crippen molar-refractivity contribution in [2.45, 2.75) is 6.61 Å². The van der Waals surface area contributed by atoms with Gasteiger partial charge in [-0.2, -0.15) is 5.10 Å². The second kappa shape index (κ2) is 9.11. The average Bonchev–Trinajstić information content (AvgIpc) is 2.79. The maximum atomic E-state index is 12.7. The Morgan fingerprint density at radius 3 is 2.56 bits per heavy atom. The SMILES string of the molecule is CN(C)c1ccc(C=Nn2c(=O)[nH]c3ccccc3c2=O)c(OCc2ccc(Cl)cc2)c1. The van der Waals surface area contributed by atoms with E-state index in [-0.39, 0.29) is 0 Å². The van der Waals surface area contributed by atoms with Crippen molar-refractivity contribution in [3.8, 4) is 5.75 Å². The first-order valence-corrected chi connectivity index (χ1v) is 10.3. The van der Waals surface area contributed by atoms with Crippen molar-refractivity contribution < 1.29 is 4.74 Å². The summed E-state index contributed by atoms with van der Waals surface area (Å²) in [4.78, 5) is 29.7. The third-order valence-corrected chi connectivity index (χ3v) is 5.17. The van der Waals surface area contributed by atoms with Gasteiger partial charge in [-0.3, -0.25) is 4.79 Å². The van der Waals surface area contributed by atoms with Gasteiger partial charge in [0.15, 0.2) is 0 Å². The van der Waals surface area contributed by atoms with Gasteiger partial charge < -0.3 is 14.6 Å². The first-order valence-electron chi connectivity index (χ1n) is 9.89. The molecule has 4 rings (SSSR count). The molecule has 0 fully saturated rings. The van der Waals surface area contributed by atoms with E-state index in [0.717, 1.165) is 15.9 Å². The summed E-state index contributed by atoms with van der Waals surface area (Å²) in [7, 11) is 3.86. The molecule has 8 heteroatoms. The summed E-state index contributed by atoms with van der Waals surface area (Å²) < 4.78 is 6.85. The van der Waals surface area contributed by atoms with Gasteiger partial charge in [0, 0.05) is 36.4 Å². The highest BCUT2D eigenvalue weighted by Crippen LogP contribution is 2.25. The molecule has 0 radical (unpaired) electrons. The molecule has 1 aromatic heterocycles. The number of nitrogens with zero attached hydrogens (tertiary/aromatic N) is 3. The van der Waals surface area contributed by atoms with Gasteiger partial charge >= 0.3 is 5.69 Å². The molecule has 0 spiro atoms. The highest BCUT2D eigenvalue weighted by Gasteiger charge is 2.09. The molecular weight excluding hydrogens is 428 g/mol. The van der Waals surface area contributed by atoms with Gasteiger partial charge in [0.1, 0.15) is 12.4 Å². The fourth-order valence-electron chi connectivity index (χ4n) is 3.15. The van der Waals surface area contributed by atoms with Gasteiger partial charge in [0.2, 0.25) is 0 Å². The molecule has 0 aliphatic rings. The standard InChI is InChI=1S/C24H21ClN4O3/c1-28(2)19-12-9-17(22(13-19)32-15-16-7-10-18(25)11-8-16)14-26-29-23(30)20-5-3-4-6-21(20)27-24(29)31/h3-14H,15H2,1-2H3,(H,27,31). The fraction of sp³-hybridized carbons (Fsp3) is 0.125. The lowest BCUT2D eigenvalue weighted by Gasteiger charge is -2.16. The largest absolute Gasteiger partial charge is 0.488 e. The van der Waals surface area contributed by atoms with E-state index in [2.05, 4.69) is 10.1 Å². The van der Waals surface area contributed by atoms with Crippen molar-refractivity contribution in [3.05, 3.63) is 104 Å². The molecule has 32 heavy (non-hydrogen) atoms. The summed E-state index contributed by atoms with van der Waals surface area (Å²) in [6.07, 6.45) is 1.45. The number of halogens is 1. The van der Waals surface area contributed by atoms with Crippen LogP contribution >= 0.6 is 11.6 Å². The van der Waals surface area contributed by atoms with Gasteiger partial charge in [-0.15, -0.1) is 4.68 Å². The number of aromatic amines is 1. The monoisotopic (exact) mass is 448 g/mol. The molecule has 0 amide bonds. The van der Waals surface area contributed by atoms with E-state index >= 15 is 0 Å². The number of H-pyrrole nitrogens is 1. The van der Waals surface area contributed by atoms with Crippen LogP contribution in [0.3, 0.4) is 0 Å². The van der Waals surface area contributed by atoms with Crippen LogP contribution in [0.5, 0.6) is 5.75 Å². The topological polar surface area (TPSA) is 79.7 Å². The lowest BCUT2D eigenvalue weighted by molar-refractivity contribution is 0.306. The minimum atomic E-state index is -0.613. The molecule has 3 aromatic carbocycles. The van der Waals surface area contributed by atoms with E-state index in [1.54, 1.807) is 36.4 Å². The molecule has 0 aliphatic carbocycles. The van der Waals surface area contributed by atoms with Crippen LogP contribution in [0, 0.1) is 0 Å². The Balaban J connectivity index is 1.69. The summed E-state index contributed by atoms with van der Waals surface area (Å²) in [5.41, 5.74) is 1.89. The first-order chi connectivity index (χ1) is 15.4. The summed E-state index contributed by atoms with van der Waals surface area (Å²) in [6.45, 7) is 0.325. The molecule has 0 unspecified atom stereocenters. The van der Waals surface area contributed by atoms with Crippen LogP contribution in [0.15, 0.2) is 81.4 Å². The normalized spacial score (nSPS) is 11.2. The highest BCUT2D eigenvalue weighted by molar-refractivity contribution is 6.30. The molecule has 1 N–H and O–H groups in total. The lowest BCUT2D eigenvalue weighted by Crippen LogP contribution is -2.32. The number of fused-ring (bicyclic) bond motifs is 1. The highest BCUT2D eigenvalue weighted by atomic mass is 35.5. The summed E-state index contributed by atoms with van der Waals surface area (Å²) >= 11 is 5.95. The molecule has 0 atom stereocenters. The third kappa shape index (κ3) is 4.58. The maximum absolute atomic E-state index is 12.7. The zero-order chi connectivity index (χ0) is 22.7. The van der Waals surface area contributed by atoms with Crippen LogP contribution in [-0.2, 0) is 6.61 Å². The Kier molecular flexibility index (Phi) is 6.09. The summed E-state index contributed by atoms with van der Waals surface area (Å²) in [5.74, 6) is 0.570. The molecule has 1 heterocycles. The van der Waals surface area contributed by atoms with Gasteiger partial charge in [0.25, 0.3) is 5.56 Å². The Hall–Kier alpha value is -3.84. The molecule has 0 bridgehead atoms. The van der Waals surface area contributed by atoms with Crippen molar-refractivity contribution in [1.82, 2.24) is 9.66 Å². The molecular formula is C24H21ClN4O3. The Morgan fingerprint density at radius 1 is 1.06 bits per heavy atom. The van der Waals surface area contributed by atoms with Crippen LogP contribution in [0.25, 0.3) is 10.9 Å². The summed E-state index contributed by atoms with van der Waals surface area (Å²) in [5, 5.41) is 5.19. The van der Waals surface area contributed by atoms with Crippen molar-refractivity contribution in [2.75, 3.05) is 19.0 Å². The predicted octanol–water partition coefficient (Wildman–Crippen LogP) is 3.87. The van der Waals surface area contributed by atoms with Crippen molar-refractivity contribution >= 4 is 34.4 Å². The molecule has 7 nitrogen and oxygen atoms in total. The van der Waals surface area contributed by atoms with Crippen LogP contribution in [0.2, 0.25) is 5.02 Å². The van der Waals surface area contributed by atoms with Crippen molar-refractivity contribution in [2.24, 2.45) is 5.10 Å². The number of para-hydroxylation sites is 1. The van der Waals surface area contributed by atoms with Gasteiger partial charge in [-0.05, 0) is 42.0 Å². The van der Waals surface area contributed by atoms with Crippen molar-refractivity contribution in [1.29, 1.82) is 0 Å². The number of aromatic nitrogens is 2. The number of nitrogens with one attached hydrogen (secondary N) is 1. The van der Waals surface area contributed by atoms with Gasteiger partial charge in [-0.25, -0.2) is 4.79 Å². The van der Waals surface area contributed by atoms with E-state index in [0.29, 0.717) is 33.8 Å². The number of anilines is 1. The van der Waals surface area contributed by atoms with Crippen molar-refractivity contribution in [3.63, 3.8) is 0 Å². The van der Waals surface area contributed by atoms with Crippen LogP contribution in [-0.4, -0.2) is 30.0 Å².